The second-order valence-electron chi connectivity index (χ2n) is 6.14. The third-order valence-corrected chi connectivity index (χ3v) is 4.20. The third-order valence-electron chi connectivity index (χ3n) is 4.20. The van der Waals surface area contributed by atoms with Gasteiger partial charge in [0.2, 0.25) is 0 Å². The summed E-state index contributed by atoms with van der Waals surface area (Å²) in [6.45, 7) is 8.48. The molecule has 0 spiro atoms. The Bertz CT molecular complexity index is 424. The molecule has 1 saturated carbocycles. The maximum Gasteiger partial charge on any atom is 0.125 e. The Morgan fingerprint density at radius 3 is 2.45 bits per heavy atom. The summed E-state index contributed by atoms with van der Waals surface area (Å²) in [5.41, 5.74) is 3.86. The summed E-state index contributed by atoms with van der Waals surface area (Å²) in [6.07, 6.45) is 7.84. The first-order valence-corrected chi connectivity index (χ1v) is 8.11. The lowest BCUT2D eigenvalue weighted by molar-refractivity contribution is 0.300. The maximum absolute atomic E-state index is 5.99. The molecule has 1 N–H and O–H groups in total. The second kappa shape index (κ2) is 7.68. The zero-order valence-corrected chi connectivity index (χ0v) is 13.3. The second-order valence-corrected chi connectivity index (χ2v) is 6.14. The van der Waals surface area contributed by atoms with Gasteiger partial charge >= 0.3 is 0 Å². The number of hydrogen-bond acceptors (Lipinski definition) is 2. The van der Waals surface area contributed by atoms with E-state index in [4.69, 9.17) is 4.74 Å². The molecular formula is C18H29NO. The van der Waals surface area contributed by atoms with Gasteiger partial charge in [-0.25, -0.2) is 0 Å². The molecule has 0 atom stereocenters. The van der Waals surface area contributed by atoms with Crippen LogP contribution >= 0.6 is 0 Å². The van der Waals surface area contributed by atoms with Crippen LogP contribution in [-0.4, -0.2) is 19.2 Å². The fraction of sp³-hybridized carbons (Fsp3) is 0.667. The highest BCUT2D eigenvalue weighted by atomic mass is 16.5. The van der Waals surface area contributed by atoms with E-state index >= 15 is 0 Å². The molecule has 0 amide bonds. The quantitative estimate of drug-likeness (QED) is 0.678. The molecule has 0 radical (unpaired) electrons. The average Bonchev–Trinajstić information content (AvgIpc) is 3.25. The van der Waals surface area contributed by atoms with Crippen molar-refractivity contribution in [3.8, 4) is 5.75 Å². The Balaban J connectivity index is 1.57. The molecule has 0 bridgehead atoms. The number of ether oxygens (including phenoxy) is 1. The lowest BCUT2D eigenvalue weighted by Crippen LogP contribution is -2.17. The summed E-state index contributed by atoms with van der Waals surface area (Å²) in [5, 5.41) is 3.56. The Morgan fingerprint density at radius 2 is 1.70 bits per heavy atom. The van der Waals surface area contributed by atoms with Crippen LogP contribution in [-0.2, 0) is 0 Å². The summed E-state index contributed by atoms with van der Waals surface area (Å²) in [5.74, 6) is 1.10. The highest BCUT2D eigenvalue weighted by Gasteiger charge is 2.19. The molecular weight excluding hydrogens is 246 g/mol. The lowest BCUT2D eigenvalue weighted by atomic mass is 10.1. The molecule has 2 rings (SSSR count). The van der Waals surface area contributed by atoms with Gasteiger partial charge in [0.05, 0.1) is 6.61 Å². The largest absolute Gasteiger partial charge is 0.493 e. The minimum Gasteiger partial charge on any atom is -0.493 e. The Morgan fingerprint density at radius 1 is 1.00 bits per heavy atom. The van der Waals surface area contributed by atoms with E-state index < -0.39 is 0 Å². The van der Waals surface area contributed by atoms with E-state index in [9.17, 15) is 0 Å². The highest BCUT2D eigenvalue weighted by molar-refractivity contribution is 5.44. The van der Waals surface area contributed by atoms with Crippen LogP contribution in [0.4, 0.5) is 0 Å². The van der Waals surface area contributed by atoms with Crippen molar-refractivity contribution >= 4 is 0 Å². The molecule has 1 fully saturated rings. The van der Waals surface area contributed by atoms with Gasteiger partial charge in [-0.1, -0.05) is 25.0 Å². The van der Waals surface area contributed by atoms with Gasteiger partial charge in [-0.3, -0.25) is 0 Å². The Kier molecular flexibility index (Phi) is 5.90. The number of benzene rings is 1. The Labute approximate surface area is 123 Å². The first kappa shape index (κ1) is 15.4. The SMILES string of the molecule is Cc1ccc(C)c(OCCCCCCNC2CC2)c1C. The van der Waals surface area contributed by atoms with E-state index in [-0.39, 0.29) is 0 Å². The normalized spacial score (nSPS) is 14.6. The minimum atomic E-state index is 0.848. The third kappa shape index (κ3) is 4.82. The van der Waals surface area contributed by atoms with Gasteiger partial charge in [0, 0.05) is 6.04 Å². The van der Waals surface area contributed by atoms with Crippen molar-refractivity contribution in [2.24, 2.45) is 0 Å². The summed E-state index contributed by atoms with van der Waals surface area (Å²) in [6, 6.07) is 5.18. The van der Waals surface area contributed by atoms with Gasteiger partial charge in [0.25, 0.3) is 0 Å². The van der Waals surface area contributed by atoms with E-state index in [1.54, 1.807) is 0 Å². The molecule has 1 aromatic carbocycles. The number of rotatable bonds is 9. The van der Waals surface area contributed by atoms with Crippen LogP contribution in [0.2, 0.25) is 0 Å². The maximum atomic E-state index is 5.99. The van der Waals surface area contributed by atoms with Crippen molar-refractivity contribution < 1.29 is 4.74 Å². The molecule has 1 aliphatic carbocycles. The summed E-state index contributed by atoms with van der Waals surface area (Å²) in [7, 11) is 0. The van der Waals surface area contributed by atoms with Crippen molar-refractivity contribution in [1.82, 2.24) is 5.32 Å². The van der Waals surface area contributed by atoms with E-state index in [2.05, 4.69) is 38.2 Å². The standard InChI is InChI=1S/C18H29NO/c1-14-8-9-15(2)18(16(14)3)20-13-7-5-4-6-12-19-17-10-11-17/h8-9,17,19H,4-7,10-13H2,1-3H3. The molecule has 0 heterocycles. The predicted octanol–water partition coefficient (Wildman–Crippen LogP) is 4.30. The van der Waals surface area contributed by atoms with Crippen molar-refractivity contribution in [1.29, 1.82) is 0 Å². The molecule has 0 aromatic heterocycles. The van der Waals surface area contributed by atoms with Gasteiger partial charge in [-0.2, -0.15) is 0 Å². The summed E-state index contributed by atoms with van der Waals surface area (Å²) < 4.78 is 5.99. The molecule has 2 nitrogen and oxygen atoms in total. The fourth-order valence-corrected chi connectivity index (χ4v) is 2.50. The van der Waals surface area contributed by atoms with Crippen molar-refractivity contribution in [3.05, 3.63) is 28.8 Å². The van der Waals surface area contributed by atoms with Crippen LogP contribution in [0.1, 0.15) is 55.2 Å². The molecule has 0 unspecified atom stereocenters. The van der Waals surface area contributed by atoms with Crippen molar-refractivity contribution in [3.63, 3.8) is 0 Å². The van der Waals surface area contributed by atoms with E-state index in [1.807, 2.05) is 0 Å². The number of nitrogens with one attached hydrogen (secondary N) is 1. The van der Waals surface area contributed by atoms with E-state index in [1.165, 1.54) is 55.3 Å². The van der Waals surface area contributed by atoms with Crippen LogP contribution in [0.5, 0.6) is 5.75 Å². The average molecular weight is 275 g/mol. The number of hydrogen-bond donors (Lipinski definition) is 1. The van der Waals surface area contributed by atoms with Gasteiger partial charge in [0.1, 0.15) is 5.75 Å². The van der Waals surface area contributed by atoms with Crippen LogP contribution in [0.3, 0.4) is 0 Å². The van der Waals surface area contributed by atoms with Gasteiger partial charge in [0.15, 0.2) is 0 Å². The first-order chi connectivity index (χ1) is 9.68. The van der Waals surface area contributed by atoms with Crippen LogP contribution in [0.15, 0.2) is 12.1 Å². The molecule has 0 aliphatic heterocycles. The monoisotopic (exact) mass is 275 g/mol. The van der Waals surface area contributed by atoms with Gasteiger partial charge in [-0.05, 0) is 69.7 Å². The summed E-state index contributed by atoms with van der Waals surface area (Å²) >= 11 is 0. The first-order valence-electron chi connectivity index (χ1n) is 8.11. The number of unbranched alkanes of at least 4 members (excludes halogenated alkanes) is 3. The Hall–Kier alpha value is -1.02. The molecule has 1 aromatic rings. The van der Waals surface area contributed by atoms with E-state index in [0.29, 0.717) is 0 Å². The van der Waals surface area contributed by atoms with Gasteiger partial charge < -0.3 is 10.1 Å². The van der Waals surface area contributed by atoms with Gasteiger partial charge in [-0.15, -0.1) is 0 Å². The topological polar surface area (TPSA) is 21.3 Å². The smallest absolute Gasteiger partial charge is 0.125 e. The molecule has 20 heavy (non-hydrogen) atoms. The highest BCUT2D eigenvalue weighted by Crippen LogP contribution is 2.25. The van der Waals surface area contributed by atoms with E-state index in [0.717, 1.165) is 24.8 Å². The molecule has 2 heteroatoms. The predicted molar refractivity (Wildman–Crippen MR) is 85.6 cm³/mol. The molecule has 0 saturated heterocycles. The van der Waals surface area contributed by atoms with Crippen molar-refractivity contribution in [2.45, 2.75) is 65.3 Å². The zero-order valence-electron chi connectivity index (χ0n) is 13.3. The molecule has 112 valence electrons. The zero-order chi connectivity index (χ0) is 14.4. The summed E-state index contributed by atoms with van der Waals surface area (Å²) in [4.78, 5) is 0. The number of aryl methyl sites for hydroxylation is 2. The fourth-order valence-electron chi connectivity index (χ4n) is 2.50. The van der Waals surface area contributed by atoms with Crippen LogP contribution in [0.25, 0.3) is 0 Å². The lowest BCUT2D eigenvalue weighted by Gasteiger charge is -2.13. The van der Waals surface area contributed by atoms with Crippen molar-refractivity contribution in [2.75, 3.05) is 13.2 Å². The molecule has 1 aliphatic rings. The van der Waals surface area contributed by atoms with Crippen LogP contribution in [0, 0.1) is 20.8 Å². The van der Waals surface area contributed by atoms with Crippen LogP contribution < -0.4 is 10.1 Å². The minimum absolute atomic E-state index is 0.848.